The molecule has 3 aliphatic rings. The van der Waals surface area contributed by atoms with Gasteiger partial charge in [-0.25, -0.2) is 0 Å². The summed E-state index contributed by atoms with van der Waals surface area (Å²) in [5, 5.41) is 4.69. The van der Waals surface area contributed by atoms with Crippen LogP contribution in [-0.2, 0) is 6.42 Å². The molecule has 1 N–H and O–H groups in total. The van der Waals surface area contributed by atoms with Crippen molar-refractivity contribution in [3.63, 3.8) is 0 Å². The first-order valence-corrected chi connectivity index (χ1v) is 7.39. The Morgan fingerprint density at radius 2 is 1.95 bits per heavy atom. The molecule has 101 valence electrons. The lowest BCUT2D eigenvalue weighted by Gasteiger charge is -2.30. The third-order valence-electron chi connectivity index (χ3n) is 4.72. The maximum atomic E-state index is 4.69. The van der Waals surface area contributed by atoms with Crippen LogP contribution < -0.4 is 5.43 Å². The minimum Gasteiger partial charge on any atom is -0.305 e. The van der Waals surface area contributed by atoms with Crippen molar-refractivity contribution in [2.45, 2.75) is 32.7 Å². The van der Waals surface area contributed by atoms with Crippen LogP contribution in [0.25, 0.3) is 0 Å². The number of hydrogen-bond donors (Lipinski definition) is 1. The highest BCUT2D eigenvalue weighted by atomic mass is 15.3. The molecular weight excluding hydrogens is 244 g/mol. The molecule has 2 atom stereocenters. The normalized spacial score (nSPS) is 28.8. The Bertz CT molecular complexity index is 567. The van der Waals surface area contributed by atoms with Crippen LogP contribution in [0.15, 0.2) is 17.2 Å². The number of hydrazone groups is 1. The summed E-state index contributed by atoms with van der Waals surface area (Å²) in [4.78, 5) is 0. The van der Waals surface area contributed by atoms with Crippen LogP contribution in [0.5, 0.6) is 0 Å². The van der Waals surface area contributed by atoms with Crippen molar-refractivity contribution in [2.75, 3.05) is 0 Å². The zero-order chi connectivity index (χ0) is 13.7. The van der Waals surface area contributed by atoms with Gasteiger partial charge >= 0.3 is 0 Å². The number of fused-ring (bicyclic) bond motifs is 3. The van der Waals surface area contributed by atoms with Crippen LogP contribution in [0.2, 0.25) is 0 Å². The summed E-state index contributed by atoms with van der Waals surface area (Å²) in [5.41, 5.74) is 10.3. The molecule has 1 fully saturated rings. The van der Waals surface area contributed by atoms with E-state index in [2.05, 4.69) is 62.2 Å². The maximum Gasteiger partial charge on any atom is 0.0730 e. The maximum absolute atomic E-state index is 4.69. The molecule has 1 aliphatic heterocycles. The Morgan fingerprint density at radius 1 is 1.15 bits per heavy atom. The highest BCUT2D eigenvalue weighted by molar-refractivity contribution is 6.06. The molecule has 0 bridgehead atoms. The van der Waals surface area contributed by atoms with Crippen LogP contribution in [-0.4, -0.2) is 11.8 Å². The van der Waals surface area contributed by atoms with Gasteiger partial charge in [-0.05, 0) is 69.6 Å². The van der Waals surface area contributed by atoms with Gasteiger partial charge in [0.1, 0.15) is 0 Å². The molecule has 0 saturated heterocycles. The lowest BCUT2D eigenvalue weighted by molar-refractivity contribution is 0.477. The van der Waals surface area contributed by atoms with E-state index in [0.29, 0.717) is 12.0 Å². The Kier molecular flexibility index (Phi) is 2.87. The predicted molar refractivity (Wildman–Crippen MR) is 81.6 cm³/mol. The first-order chi connectivity index (χ1) is 9.74. The Balaban J connectivity index is 1.69. The molecule has 2 heteroatoms. The van der Waals surface area contributed by atoms with Crippen molar-refractivity contribution < 1.29 is 0 Å². The van der Waals surface area contributed by atoms with Crippen LogP contribution in [0, 0.1) is 51.4 Å². The molecule has 2 unspecified atom stereocenters. The van der Waals surface area contributed by atoms with E-state index in [1.807, 2.05) is 0 Å². The quantitative estimate of drug-likeness (QED) is 0.827. The monoisotopic (exact) mass is 263 g/mol. The third kappa shape index (κ3) is 1.81. The van der Waals surface area contributed by atoms with Gasteiger partial charge in [0.15, 0.2) is 0 Å². The van der Waals surface area contributed by atoms with Crippen molar-refractivity contribution in [3.8, 4) is 0 Å². The molecule has 1 heterocycles. The van der Waals surface area contributed by atoms with Crippen LogP contribution in [0.1, 0.15) is 28.7 Å². The molecule has 0 amide bonds. The second-order valence-electron chi connectivity index (χ2n) is 6.08. The van der Waals surface area contributed by atoms with Gasteiger partial charge in [-0.2, -0.15) is 5.10 Å². The molecule has 2 nitrogen and oxygen atoms in total. The highest BCUT2D eigenvalue weighted by Gasteiger charge is 2.41. The number of benzene rings is 1. The second kappa shape index (κ2) is 4.61. The highest BCUT2D eigenvalue weighted by Crippen LogP contribution is 2.39. The predicted octanol–water partition coefficient (Wildman–Crippen LogP) is 2.95. The zero-order valence-electron chi connectivity index (χ0n) is 12.0. The van der Waals surface area contributed by atoms with Gasteiger partial charge < -0.3 is 5.43 Å². The molecule has 4 rings (SSSR count). The van der Waals surface area contributed by atoms with Gasteiger partial charge in [-0.15, -0.1) is 0 Å². The Hall–Kier alpha value is -1.31. The van der Waals surface area contributed by atoms with Crippen molar-refractivity contribution >= 4 is 5.71 Å². The van der Waals surface area contributed by atoms with E-state index in [4.69, 9.17) is 0 Å². The van der Waals surface area contributed by atoms with Gasteiger partial charge in [0, 0.05) is 17.4 Å². The number of hydrogen-bond acceptors (Lipinski definition) is 2. The molecule has 20 heavy (non-hydrogen) atoms. The van der Waals surface area contributed by atoms with Crippen LogP contribution in [0.4, 0.5) is 0 Å². The summed E-state index contributed by atoms with van der Waals surface area (Å²) >= 11 is 0. The molecule has 0 aromatic heterocycles. The number of rotatable bonds is 1. The van der Waals surface area contributed by atoms with Gasteiger partial charge in [-0.1, -0.05) is 11.6 Å². The van der Waals surface area contributed by atoms with Gasteiger partial charge in [0.05, 0.1) is 11.8 Å². The van der Waals surface area contributed by atoms with E-state index in [1.54, 1.807) is 0 Å². The van der Waals surface area contributed by atoms with E-state index in [1.165, 1.54) is 46.7 Å². The Labute approximate surface area is 121 Å². The molecular formula is C18H19N2. The van der Waals surface area contributed by atoms with E-state index < -0.39 is 0 Å². The second-order valence-corrected chi connectivity index (χ2v) is 6.08. The number of aryl methyl sites for hydroxylation is 2. The minimum absolute atomic E-state index is 0.356. The molecule has 1 saturated carbocycles. The van der Waals surface area contributed by atoms with Crippen molar-refractivity contribution in [1.82, 2.24) is 5.43 Å². The van der Waals surface area contributed by atoms with Gasteiger partial charge in [-0.3, -0.25) is 0 Å². The summed E-state index contributed by atoms with van der Waals surface area (Å²) in [5.74, 6) is 1.88. The lowest BCUT2D eigenvalue weighted by atomic mass is 9.74. The SMILES string of the molecule is Cc1cc(C)c2c(c1)C1=NNC([C]3[CH][CH][CH][CH]3)C1CC2. The van der Waals surface area contributed by atoms with Crippen LogP contribution in [0.3, 0.4) is 0 Å². The first kappa shape index (κ1) is 12.4. The summed E-state index contributed by atoms with van der Waals surface area (Å²) in [6.45, 7) is 4.40. The van der Waals surface area contributed by atoms with Crippen LogP contribution >= 0.6 is 0 Å². The fraction of sp³-hybridized carbons (Fsp3) is 0.333. The van der Waals surface area contributed by atoms with Crippen molar-refractivity contribution in [3.05, 3.63) is 66.0 Å². The Morgan fingerprint density at radius 3 is 2.75 bits per heavy atom. The molecule has 5 radical (unpaired) electrons. The fourth-order valence-electron chi connectivity index (χ4n) is 3.79. The zero-order valence-corrected chi connectivity index (χ0v) is 12.0. The lowest BCUT2D eigenvalue weighted by Crippen LogP contribution is -2.37. The summed E-state index contributed by atoms with van der Waals surface area (Å²) in [6, 6.07) is 4.95. The fourth-order valence-corrected chi connectivity index (χ4v) is 3.79. The van der Waals surface area contributed by atoms with E-state index in [-0.39, 0.29) is 0 Å². The molecule has 1 aromatic rings. The number of nitrogens with one attached hydrogen (secondary N) is 1. The molecule has 2 aliphatic carbocycles. The average molecular weight is 263 g/mol. The smallest absolute Gasteiger partial charge is 0.0730 e. The molecule has 1 aromatic carbocycles. The molecule has 0 spiro atoms. The van der Waals surface area contributed by atoms with Crippen molar-refractivity contribution in [1.29, 1.82) is 0 Å². The van der Waals surface area contributed by atoms with Crippen molar-refractivity contribution in [2.24, 2.45) is 11.0 Å². The van der Waals surface area contributed by atoms with E-state index in [0.717, 1.165) is 0 Å². The van der Waals surface area contributed by atoms with E-state index in [9.17, 15) is 0 Å². The van der Waals surface area contributed by atoms with Gasteiger partial charge in [0.2, 0.25) is 0 Å². The van der Waals surface area contributed by atoms with Gasteiger partial charge in [0.25, 0.3) is 0 Å². The topological polar surface area (TPSA) is 24.4 Å². The standard InChI is InChI=1S/C18H19N2/c1-11-9-12(2)14-7-8-15-17(13-5-3-4-6-13)19-20-18(15)16(14)10-11/h3-6,9-10,15,17,19H,7-8H2,1-2H3. The summed E-state index contributed by atoms with van der Waals surface area (Å²) in [6.07, 6.45) is 11.0. The summed E-state index contributed by atoms with van der Waals surface area (Å²) in [7, 11) is 0. The average Bonchev–Trinajstić information content (AvgIpc) is 3.06. The number of nitrogens with zero attached hydrogens (tertiary/aromatic N) is 1. The largest absolute Gasteiger partial charge is 0.305 e. The first-order valence-electron chi connectivity index (χ1n) is 7.39. The van der Waals surface area contributed by atoms with E-state index >= 15 is 0 Å². The third-order valence-corrected chi connectivity index (χ3v) is 4.72. The minimum atomic E-state index is 0.356. The summed E-state index contributed by atoms with van der Waals surface area (Å²) < 4.78 is 0.